The van der Waals surface area contributed by atoms with Gasteiger partial charge >= 0.3 is 23.9 Å². The maximum atomic E-state index is 14.3. The standard InChI is InChI=1S/C35H33NO10S3/c1-18-10-9-11-21-23-29(34(2,3)36(25(18)21)22(37)17-14-19-12-15-20(42-4)16-13-19)47-26(31(39)44-6)24(30(38)43-5)35(23)48-27(32(40)45-7)28(49-35)33(41)46-8/h9-17H,1-8H3. The zero-order valence-electron chi connectivity index (χ0n) is 28.0. The van der Waals surface area contributed by atoms with E-state index >= 15 is 0 Å². The van der Waals surface area contributed by atoms with Crippen LogP contribution >= 0.6 is 35.3 Å². The molecule has 0 unspecified atom stereocenters. The molecule has 0 saturated carbocycles. The molecule has 0 radical (unpaired) electrons. The molecule has 49 heavy (non-hydrogen) atoms. The topological polar surface area (TPSA) is 135 Å². The van der Waals surface area contributed by atoms with Crippen LogP contribution in [0.4, 0.5) is 5.69 Å². The van der Waals surface area contributed by atoms with E-state index in [0.29, 0.717) is 27.5 Å². The minimum absolute atomic E-state index is 0.114. The maximum Gasteiger partial charge on any atom is 0.345 e. The van der Waals surface area contributed by atoms with Crippen LogP contribution < -0.4 is 9.64 Å². The second-order valence-electron chi connectivity index (χ2n) is 11.3. The summed E-state index contributed by atoms with van der Waals surface area (Å²) in [6.45, 7) is 5.52. The Morgan fingerprint density at radius 3 is 1.82 bits per heavy atom. The molecule has 0 aromatic heterocycles. The molecular weight excluding hydrogens is 691 g/mol. The molecule has 256 valence electrons. The molecule has 0 fully saturated rings. The van der Waals surface area contributed by atoms with Crippen molar-refractivity contribution >= 4 is 82.4 Å². The fourth-order valence-electron chi connectivity index (χ4n) is 5.86. The molecule has 1 amide bonds. The van der Waals surface area contributed by atoms with Crippen molar-refractivity contribution in [2.24, 2.45) is 0 Å². The number of carbonyl (C=O) groups is 5. The number of rotatable bonds is 7. The van der Waals surface area contributed by atoms with Crippen LogP contribution in [0, 0.1) is 6.92 Å². The van der Waals surface area contributed by atoms with Gasteiger partial charge in [-0.2, -0.15) is 0 Å². The number of para-hydroxylation sites is 1. The van der Waals surface area contributed by atoms with Gasteiger partial charge in [-0.3, -0.25) is 9.69 Å². The Balaban J connectivity index is 1.80. The predicted octanol–water partition coefficient (Wildman–Crippen LogP) is 5.63. The van der Waals surface area contributed by atoms with E-state index in [2.05, 4.69) is 0 Å². The number of nitrogens with zero attached hydrogens (tertiary/aromatic N) is 1. The largest absolute Gasteiger partial charge is 0.497 e. The van der Waals surface area contributed by atoms with Gasteiger partial charge in [-0.25, -0.2) is 19.2 Å². The third-order valence-electron chi connectivity index (χ3n) is 8.12. The normalized spacial score (nSPS) is 17.5. The molecule has 3 aliphatic rings. The van der Waals surface area contributed by atoms with Crippen molar-refractivity contribution in [3.8, 4) is 5.75 Å². The zero-order chi connectivity index (χ0) is 35.8. The van der Waals surface area contributed by atoms with Gasteiger partial charge in [0.25, 0.3) is 5.91 Å². The summed E-state index contributed by atoms with van der Waals surface area (Å²) in [5.41, 5.74) is 1.83. The van der Waals surface area contributed by atoms with Crippen LogP contribution in [0.3, 0.4) is 0 Å². The quantitative estimate of drug-likeness (QED) is 0.199. The van der Waals surface area contributed by atoms with Gasteiger partial charge in [-0.05, 0) is 50.1 Å². The molecule has 3 aliphatic heterocycles. The van der Waals surface area contributed by atoms with Gasteiger partial charge in [0.05, 0.1) is 52.3 Å². The van der Waals surface area contributed by atoms with E-state index in [4.69, 9.17) is 23.7 Å². The van der Waals surface area contributed by atoms with Crippen molar-refractivity contribution in [1.82, 2.24) is 0 Å². The fraction of sp³-hybridized carbons (Fsp3) is 0.286. The zero-order valence-corrected chi connectivity index (χ0v) is 30.4. The van der Waals surface area contributed by atoms with Gasteiger partial charge in [0.2, 0.25) is 0 Å². The van der Waals surface area contributed by atoms with Crippen molar-refractivity contribution in [2.75, 3.05) is 40.4 Å². The molecule has 0 N–H and O–H groups in total. The van der Waals surface area contributed by atoms with Gasteiger partial charge in [-0.1, -0.05) is 65.6 Å². The smallest absolute Gasteiger partial charge is 0.345 e. The average Bonchev–Trinajstić information content (AvgIpc) is 3.49. The van der Waals surface area contributed by atoms with E-state index in [9.17, 15) is 24.0 Å². The first-order valence-corrected chi connectivity index (χ1v) is 17.2. The molecule has 1 spiro atoms. The maximum absolute atomic E-state index is 14.3. The van der Waals surface area contributed by atoms with Crippen molar-refractivity contribution in [2.45, 2.75) is 30.4 Å². The number of esters is 4. The van der Waals surface area contributed by atoms with Crippen LogP contribution in [0.2, 0.25) is 0 Å². The second-order valence-corrected chi connectivity index (χ2v) is 15.0. The highest BCUT2D eigenvalue weighted by Crippen LogP contribution is 2.71. The number of carbonyl (C=O) groups excluding carboxylic acids is 5. The molecule has 0 aliphatic carbocycles. The van der Waals surface area contributed by atoms with E-state index < -0.39 is 33.5 Å². The first-order chi connectivity index (χ1) is 23.3. The number of aryl methyl sites for hydroxylation is 1. The van der Waals surface area contributed by atoms with E-state index in [-0.39, 0.29) is 26.2 Å². The van der Waals surface area contributed by atoms with Crippen LogP contribution in [0.5, 0.6) is 5.75 Å². The SMILES string of the molecule is COC(=O)C1=C(C(=O)OC)SC2(S1)C(C(=O)OC)=C(C(=O)OC)SC1=C2c2cccc(C)c2N(C(=O)C=Cc2ccc(OC)cc2)C1(C)C. The van der Waals surface area contributed by atoms with Gasteiger partial charge in [0.15, 0.2) is 0 Å². The number of ether oxygens (including phenoxy) is 5. The van der Waals surface area contributed by atoms with E-state index in [0.717, 1.165) is 46.4 Å². The number of hydrogen-bond donors (Lipinski definition) is 0. The molecule has 2 aromatic rings. The third-order valence-corrected chi connectivity index (χ3v) is 12.8. The highest BCUT2D eigenvalue weighted by atomic mass is 32.2. The molecule has 11 nitrogen and oxygen atoms in total. The first kappa shape index (κ1) is 35.9. The summed E-state index contributed by atoms with van der Waals surface area (Å²) in [4.78, 5) is 69.9. The lowest BCUT2D eigenvalue weighted by molar-refractivity contribution is -0.138. The van der Waals surface area contributed by atoms with Crippen LogP contribution in [0.15, 0.2) is 73.7 Å². The number of benzene rings is 2. The molecule has 0 bridgehead atoms. The van der Waals surface area contributed by atoms with Crippen LogP contribution in [-0.2, 0) is 42.9 Å². The summed E-state index contributed by atoms with van der Waals surface area (Å²) in [6, 6.07) is 12.7. The second kappa shape index (κ2) is 13.8. The summed E-state index contributed by atoms with van der Waals surface area (Å²) in [7, 11) is 6.27. The summed E-state index contributed by atoms with van der Waals surface area (Å²) in [5, 5.41) is 0. The van der Waals surface area contributed by atoms with Crippen molar-refractivity contribution in [3.05, 3.63) is 90.4 Å². The number of anilines is 1. The van der Waals surface area contributed by atoms with E-state index in [1.165, 1.54) is 34.5 Å². The Labute approximate surface area is 296 Å². The molecule has 3 heterocycles. The lowest BCUT2D eigenvalue weighted by Crippen LogP contribution is -2.53. The Morgan fingerprint density at radius 2 is 1.29 bits per heavy atom. The highest BCUT2D eigenvalue weighted by molar-refractivity contribution is 8.26. The lowest BCUT2D eigenvalue weighted by Gasteiger charge is -2.51. The Bertz CT molecular complexity index is 1880. The van der Waals surface area contributed by atoms with Crippen molar-refractivity contribution < 1.29 is 47.7 Å². The van der Waals surface area contributed by atoms with Gasteiger partial charge < -0.3 is 23.7 Å². The first-order valence-electron chi connectivity index (χ1n) is 14.7. The number of methoxy groups -OCH3 is 5. The van der Waals surface area contributed by atoms with Gasteiger partial charge in [0, 0.05) is 22.1 Å². The van der Waals surface area contributed by atoms with Gasteiger partial charge in [0.1, 0.15) is 24.5 Å². The Hall–Kier alpha value is -4.40. The summed E-state index contributed by atoms with van der Waals surface area (Å²) >= 11 is 2.74. The predicted molar refractivity (Wildman–Crippen MR) is 189 cm³/mol. The lowest BCUT2D eigenvalue weighted by atomic mass is 9.82. The van der Waals surface area contributed by atoms with E-state index in [1.807, 2.05) is 45.0 Å². The number of amides is 1. The van der Waals surface area contributed by atoms with Crippen LogP contribution in [0.1, 0.15) is 30.5 Å². The third kappa shape index (κ3) is 5.95. The van der Waals surface area contributed by atoms with Crippen molar-refractivity contribution in [3.63, 3.8) is 0 Å². The van der Waals surface area contributed by atoms with Crippen LogP contribution in [-0.4, -0.2) is 75.0 Å². The summed E-state index contributed by atoms with van der Waals surface area (Å²) < 4.78 is 24.1. The minimum Gasteiger partial charge on any atom is -0.497 e. The molecule has 14 heteroatoms. The number of hydrogen-bond acceptors (Lipinski definition) is 13. The molecule has 0 saturated heterocycles. The van der Waals surface area contributed by atoms with E-state index in [1.54, 1.807) is 36.3 Å². The van der Waals surface area contributed by atoms with Gasteiger partial charge in [-0.15, -0.1) is 0 Å². The molecule has 0 atom stereocenters. The number of fused-ring (bicyclic) bond motifs is 3. The Kier molecular flexibility index (Phi) is 10.1. The minimum atomic E-state index is -1.65. The Morgan fingerprint density at radius 1 is 0.735 bits per heavy atom. The highest BCUT2D eigenvalue weighted by Gasteiger charge is 2.61. The monoisotopic (exact) mass is 723 g/mol. The summed E-state index contributed by atoms with van der Waals surface area (Å²) in [6.07, 6.45) is 3.17. The number of thioether (sulfide) groups is 3. The fourth-order valence-corrected chi connectivity index (χ4v) is 10.9. The van der Waals surface area contributed by atoms with Crippen molar-refractivity contribution in [1.29, 1.82) is 0 Å². The molecule has 2 aromatic carbocycles. The molecule has 5 rings (SSSR count). The average molecular weight is 724 g/mol. The van der Waals surface area contributed by atoms with Crippen LogP contribution in [0.25, 0.3) is 11.6 Å². The summed E-state index contributed by atoms with van der Waals surface area (Å²) in [5.74, 6) is -3.06. The molecular formula is C35H33NO10S3.